The van der Waals surface area contributed by atoms with Gasteiger partial charge in [-0.15, -0.1) is 0 Å². The maximum Gasteiger partial charge on any atom is 0.246 e. The van der Waals surface area contributed by atoms with E-state index >= 15 is 0 Å². The molecule has 0 bridgehead atoms. The van der Waals surface area contributed by atoms with Crippen LogP contribution in [0.15, 0.2) is 62.8 Å². The van der Waals surface area contributed by atoms with Crippen molar-refractivity contribution in [1.82, 2.24) is 14.4 Å². The smallest absolute Gasteiger partial charge is 0.246 e. The van der Waals surface area contributed by atoms with Crippen LogP contribution in [0, 0.1) is 0 Å². The summed E-state index contributed by atoms with van der Waals surface area (Å²) in [6.07, 6.45) is 0.254. The van der Waals surface area contributed by atoms with Gasteiger partial charge in [-0.1, -0.05) is 34.1 Å². The fourth-order valence-corrected chi connectivity index (χ4v) is 5.65. The van der Waals surface area contributed by atoms with Crippen molar-refractivity contribution < 1.29 is 21.6 Å². The van der Waals surface area contributed by atoms with E-state index in [1.807, 2.05) is 0 Å². The lowest BCUT2D eigenvalue weighted by Gasteiger charge is -2.10. The van der Waals surface area contributed by atoms with Crippen molar-refractivity contribution in [2.24, 2.45) is 5.73 Å². The van der Waals surface area contributed by atoms with Gasteiger partial charge in [0.05, 0.1) is 4.90 Å². The highest BCUT2D eigenvalue weighted by molar-refractivity contribution is 9.10. The minimum atomic E-state index is -3.94. The summed E-state index contributed by atoms with van der Waals surface area (Å²) in [5, 5.41) is 0.449. The van der Waals surface area contributed by atoms with Gasteiger partial charge in [-0.3, -0.25) is 5.73 Å². The van der Waals surface area contributed by atoms with Gasteiger partial charge in [0.2, 0.25) is 25.9 Å². The first-order valence-corrected chi connectivity index (χ1v) is 12.7. The molecule has 0 radical (unpaired) electrons. The molecule has 9 nitrogen and oxygen atoms in total. The first kappa shape index (κ1) is 22.7. The Balaban J connectivity index is 1.67. The van der Waals surface area contributed by atoms with E-state index in [4.69, 9.17) is 10.5 Å². The van der Waals surface area contributed by atoms with Gasteiger partial charge in [0, 0.05) is 28.5 Å². The van der Waals surface area contributed by atoms with Gasteiger partial charge < -0.3 is 9.72 Å². The van der Waals surface area contributed by atoms with Crippen LogP contribution in [0.25, 0.3) is 10.9 Å². The van der Waals surface area contributed by atoms with Crippen molar-refractivity contribution in [2.45, 2.75) is 16.2 Å². The first-order valence-electron chi connectivity index (χ1n) is 8.93. The molecule has 5 N–H and O–H groups in total. The summed E-state index contributed by atoms with van der Waals surface area (Å²) >= 11 is 3.33. The highest BCUT2D eigenvalue weighted by atomic mass is 79.9. The molecule has 1 aromatic heterocycles. The third kappa shape index (κ3) is 5.20. The number of H-pyrrole nitrogens is 1. The summed E-state index contributed by atoms with van der Waals surface area (Å²) < 4.78 is 61.1. The van der Waals surface area contributed by atoms with E-state index in [2.05, 4.69) is 30.4 Å². The van der Waals surface area contributed by atoms with Gasteiger partial charge in [0.25, 0.3) is 0 Å². The molecule has 0 aliphatic rings. The maximum absolute atomic E-state index is 12.9. The third-order valence-electron chi connectivity index (χ3n) is 4.17. The molecule has 1 heterocycles. The molecular weight excluding hydrogens is 496 g/mol. The zero-order chi connectivity index (χ0) is 21.8. The Labute approximate surface area is 183 Å². The standard InChI is InChI=1S/C18H21BrN4O5S2/c19-13-7-8-16-15(11-13)17(18(23-16)28-12-20)30(26,27)22-10-4-9-21-29(24,25)14-5-2-1-3-6-14/h1-3,5-8,11,21-23H,4,9-10,12,20H2. The summed E-state index contributed by atoms with van der Waals surface area (Å²) in [7, 11) is -7.58. The molecule has 0 unspecified atom stereocenters. The summed E-state index contributed by atoms with van der Waals surface area (Å²) in [4.78, 5) is 3.01. The van der Waals surface area contributed by atoms with Crippen LogP contribution in [-0.2, 0) is 20.0 Å². The Morgan fingerprint density at radius 1 is 0.967 bits per heavy atom. The fourth-order valence-electron chi connectivity index (χ4n) is 2.82. The van der Waals surface area contributed by atoms with Crippen LogP contribution < -0.4 is 19.9 Å². The molecule has 3 rings (SSSR count). The van der Waals surface area contributed by atoms with Crippen LogP contribution in [0.1, 0.15) is 6.42 Å². The number of fused-ring (bicyclic) bond motifs is 1. The lowest BCUT2D eigenvalue weighted by molar-refractivity contribution is 0.311. The molecule has 0 fully saturated rings. The minimum absolute atomic E-state index is 0.0301. The van der Waals surface area contributed by atoms with Crippen molar-refractivity contribution in [3.8, 4) is 5.88 Å². The monoisotopic (exact) mass is 516 g/mol. The fraction of sp³-hybridized carbons (Fsp3) is 0.222. The van der Waals surface area contributed by atoms with Crippen molar-refractivity contribution in [3.05, 3.63) is 53.0 Å². The number of benzene rings is 2. The highest BCUT2D eigenvalue weighted by Gasteiger charge is 2.25. The summed E-state index contributed by atoms with van der Waals surface area (Å²) in [6.45, 7) is -0.0918. The molecule has 0 saturated carbocycles. The molecule has 3 aromatic rings. The van der Waals surface area contributed by atoms with E-state index in [0.29, 0.717) is 15.4 Å². The summed E-state index contributed by atoms with van der Waals surface area (Å²) in [6, 6.07) is 13.1. The molecule has 2 aromatic carbocycles. The Hall–Kier alpha value is -1.96. The molecular formula is C18H21BrN4O5S2. The zero-order valence-electron chi connectivity index (χ0n) is 15.8. The summed E-state index contributed by atoms with van der Waals surface area (Å²) in [5.74, 6) is 0.0443. The second-order valence-corrected chi connectivity index (χ2v) is 10.6. The minimum Gasteiger partial charge on any atom is -0.462 e. The van der Waals surface area contributed by atoms with E-state index in [1.165, 1.54) is 12.1 Å². The quantitative estimate of drug-likeness (QED) is 0.239. The molecule has 30 heavy (non-hydrogen) atoms. The van der Waals surface area contributed by atoms with Crippen LogP contribution in [-0.4, -0.2) is 41.6 Å². The molecule has 0 saturated heterocycles. The van der Waals surface area contributed by atoms with Gasteiger partial charge in [0.15, 0.2) is 4.90 Å². The van der Waals surface area contributed by atoms with E-state index < -0.39 is 20.0 Å². The number of sulfonamides is 2. The highest BCUT2D eigenvalue weighted by Crippen LogP contribution is 2.33. The van der Waals surface area contributed by atoms with Crippen LogP contribution in [0.3, 0.4) is 0 Å². The number of nitrogens with one attached hydrogen (secondary N) is 3. The SMILES string of the molecule is NCOc1[nH]c2ccc(Br)cc2c1S(=O)(=O)NCCCNS(=O)(=O)c1ccccc1. The average molecular weight is 517 g/mol. The predicted octanol–water partition coefficient (Wildman–Crippen LogP) is 1.87. The largest absolute Gasteiger partial charge is 0.462 e. The van der Waals surface area contributed by atoms with Crippen molar-refractivity contribution >= 4 is 46.9 Å². The Morgan fingerprint density at radius 3 is 2.30 bits per heavy atom. The van der Waals surface area contributed by atoms with E-state index in [9.17, 15) is 16.8 Å². The predicted molar refractivity (Wildman–Crippen MR) is 117 cm³/mol. The van der Waals surface area contributed by atoms with Gasteiger partial charge in [-0.2, -0.15) is 0 Å². The van der Waals surface area contributed by atoms with Crippen LogP contribution >= 0.6 is 15.9 Å². The number of aromatic amines is 1. The van der Waals surface area contributed by atoms with E-state index in [1.54, 1.807) is 36.4 Å². The van der Waals surface area contributed by atoms with Gasteiger partial charge in [-0.25, -0.2) is 26.3 Å². The molecule has 162 valence electrons. The number of rotatable bonds is 10. The van der Waals surface area contributed by atoms with Gasteiger partial charge in [-0.05, 0) is 36.8 Å². The van der Waals surface area contributed by atoms with E-state index in [0.717, 1.165) is 0 Å². The molecule has 0 amide bonds. The normalized spacial score (nSPS) is 12.3. The number of hydrogen-bond donors (Lipinski definition) is 4. The Morgan fingerprint density at radius 2 is 1.63 bits per heavy atom. The number of halogens is 1. The lowest BCUT2D eigenvalue weighted by atomic mass is 10.2. The van der Waals surface area contributed by atoms with Gasteiger partial charge >= 0.3 is 0 Å². The third-order valence-corrected chi connectivity index (χ3v) is 7.67. The molecule has 0 spiro atoms. The lowest BCUT2D eigenvalue weighted by Crippen LogP contribution is -2.30. The molecule has 0 aliphatic carbocycles. The average Bonchev–Trinajstić information content (AvgIpc) is 3.06. The number of nitrogens with two attached hydrogens (primary N) is 1. The topological polar surface area (TPSA) is 143 Å². The molecule has 0 atom stereocenters. The second kappa shape index (κ2) is 9.45. The van der Waals surface area contributed by atoms with Gasteiger partial charge in [0.1, 0.15) is 6.73 Å². The summed E-state index contributed by atoms with van der Waals surface area (Å²) in [5.41, 5.74) is 6.00. The van der Waals surface area contributed by atoms with Crippen molar-refractivity contribution in [2.75, 3.05) is 19.8 Å². The zero-order valence-corrected chi connectivity index (χ0v) is 19.0. The van der Waals surface area contributed by atoms with Crippen molar-refractivity contribution in [3.63, 3.8) is 0 Å². The first-order chi connectivity index (χ1) is 14.2. The van der Waals surface area contributed by atoms with Crippen LogP contribution in [0.5, 0.6) is 5.88 Å². The van der Waals surface area contributed by atoms with Crippen LogP contribution in [0.2, 0.25) is 0 Å². The number of ether oxygens (including phenoxy) is 1. The second-order valence-electron chi connectivity index (χ2n) is 6.25. The number of aromatic nitrogens is 1. The molecule has 12 heteroatoms. The number of hydrogen-bond acceptors (Lipinski definition) is 6. The Kier molecular flexibility index (Phi) is 7.16. The Bertz CT molecular complexity index is 1230. The van der Waals surface area contributed by atoms with E-state index in [-0.39, 0.29) is 41.9 Å². The van der Waals surface area contributed by atoms with Crippen LogP contribution in [0.4, 0.5) is 0 Å². The molecule has 0 aliphatic heterocycles. The maximum atomic E-state index is 12.9. The van der Waals surface area contributed by atoms with Crippen molar-refractivity contribution in [1.29, 1.82) is 0 Å².